The number of piperazine rings is 1. The zero-order valence-electron chi connectivity index (χ0n) is 17.4. The molecule has 2 fully saturated rings. The van der Waals surface area contributed by atoms with Crippen LogP contribution in [-0.2, 0) is 16.1 Å². The van der Waals surface area contributed by atoms with Gasteiger partial charge in [0.2, 0.25) is 5.91 Å². The lowest BCUT2D eigenvalue weighted by Crippen LogP contribution is -2.50. The zero-order chi connectivity index (χ0) is 21.8. The van der Waals surface area contributed by atoms with Gasteiger partial charge in [-0.25, -0.2) is 9.78 Å². The third-order valence-electron chi connectivity index (χ3n) is 5.59. The first-order valence-corrected chi connectivity index (χ1v) is 10.2. The quantitative estimate of drug-likeness (QED) is 0.703. The van der Waals surface area contributed by atoms with E-state index in [9.17, 15) is 14.4 Å². The highest BCUT2D eigenvalue weighted by atomic mass is 16.5. The molecule has 1 N–H and O–H groups in total. The smallest absolute Gasteiger partial charge is 0.325 e. The van der Waals surface area contributed by atoms with Crippen molar-refractivity contribution in [2.24, 2.45) is 0 Å². The summed E-state index contributed by atoms with van der Waals surface area (Å²) in [6, 6.07) is 11.6. The van der Waals surface area contributed by atoms with E-state index in [1.807, 2.05) is 18.2 Å². The number of carbonyl (C=O) groups excluding carboxylic acids is 3. The lowest BCUT2D eigenvalue weighted by Gasteiger charge is -2.35. The van der Waals surface area contributed by atoms with Gasteiger partial charge in [0.25, 0.3) is 5.91 Å². The Hall–Kier alpha value is -3.62. The predicted molar refractivity (Wildman–Crippen MR) is 114 cm³/mol. The summed E-state index contributed by atoms with van der Waals surface area (Å²) in [4.78, 5) is 47.1. The number of nitrogens with one attached hydrogen (secondary N) is 1. The number of aromatic nitrogens is 1. The number of carbonyl (C=O) groups is 3. The Balaban J connectivity index is 1.30. The maximum Gasteiger partial charge on any atom is 0.325 e. The summed E-state index contributed by atoms with van der Waals surface area (Å²) in [5.74, 6) is 1.08. The maximum absolute atomic E-state index is 12.7. The second-order valence-corrected chi connectivity index (χ2v) is 7.53. The standard InChI is InChI=1S/C22H25N5O4/c1-31-17-7-5-16(6-8-17)15-27-21(29)18(24-22(27)30)14-20(28)26-12-10-25(11-13-26)19-4-2-3-9-23-19/h2-9,18H,10-15H2,1H3,(H,24,30)/t18-/m1/s1. The van der Waals surface area contributed by atoms with E-state index < -0.39 is 12.1 Å². The molecular weight excluding hydrogens is 398 g/mol. The first-order valence-electron chi connectivity index (χ1n) is 10.2. The van der Waals surface area contributed by atoms with Crippen molar-refractivity contribution in [2.75, 3.05) is 38.2 Å². The van der Waals surface area contributed by atoms with Crippen LogP contribution < -0.4 is 15.0 Å². The third-order valence-corrected chi connectivity index (χ3v) is 5.59. The fraction of sp³-hybridized carbons (Fsp3) is 0.364. The summed E-state index contributed by atoms with van der Waals surface area (Å²) in [5.41, 5.74) is 0.807. The van der Waals surface area contributed by atoms with Crippen molar-refractivity contribution >= 4 is 23.7 Å². The van der Waals surface area contributed by atoms with Crippen LogP contribution in [0.3, 0.4) is 0 Å². The van der Waals surface area contributed by atoms with Gasteiger partial charge >= 0.3 is 6.03 Å². The van der Waals surface area contributed by atoms with Crippen LogP contribution in [0.1, 0.15) is 12.0 Å². The van der Waals surface area contributed by atoms with E-state index in [4.69, 9.17) is 4.74 Å². The highest BCUT2D eigenvalue weighted by Crippen LogP contribution is 2.18. The molecule has 0 spiro atoms. The molecule has 2 aliphatic heterocycles. The number of methoxy groups -OCH3 is 1. The van der Waals surface area contributed by atoms with Crippen LogP contribution in [0.25, 0.3) is 0 Å². The van der Waals surface area contributed by atoms with Gasteiger partial charge in [-0.2, -0.15) is 0 Å². The number of pyridine rings is 1. The van der Waals surface area contributed by atoms with Gasteiger partial charge in [-0.15, -0.1) is 0 Å². The Kier molecular flexibility index (Phi) is 6.01. The minimum Gasteiger partial charge on any atom is -0.497 e. The highest BCUT2D eigenvalue weighted by molar-refractivity contribution is 6.05. The van der Waals surface area contributed by atoms with Gasteiger partial charge in [0.15, 0.2) is 0 Å². The summed E-state index contributed by atoms with van der Waals surface area (Å²) < 4.78 is 5.12. The normalized spacial score (nSPS) is 18.9. The second-order valence-electron chi connectivity index (χ2n) is 7.53. The Morgan fingerprint density at radius 1 is 1.10 bits per heavy atom. The van der Waals surface area contributed by atoms with E-state index in [1.165, 1.54) is 0 Å². The van der Waals surface area contributed by atoms with E-state index in [1.54, 1.807) is 42.5 Å². The molecule has 4 rings (SSSR count). The van der Waals surface area contributed by atoms with Crippen molar-refractivity contribution in [3.8, 4) is 5.75 Å². The van der Waals surface area contributed by atoms with Gasteiger partial charge in [-0.1, -0.05) is 18.2 Å². The fourth-order valence-electron chi connectivity index (χ4n) is 3.81. The molecule has 4 amide bonds. The minimum atomic E-state index is -0.827. The minimum absolute atomic E-state index is 0.0345. The predicted octanol–water partition coefficient (Wildman–Crippen LogP) is 1.25. The average molecular weight is 423 g/mol. The van der Waals surface area contributed by atoms with E-state index in [0.717, 1.165) is 16.3 Å². The topological polar surface area (TPSA) is 95.1 Å². The van der Waals surface area contributed by atoms with Gasteiger partial charge in [0.05, 0.1) is 20.1 Å². The number of ether oxygens (including phenoxy) is 1. The lowest BCUT2D eigenvalue weighted by molar-refractivity contribution is -0.136. The van der Waals surface area contributed by atoms with E-state index in [2.05, 4.69) is 15.2 Å². The Morgan fingerprint density at radius 2 is 1.84 bits per heavy atom. The number of benzene rings is 1. The molecule has 9 heteroatoms. The van der Waals surface area contributed by atoms with Gasteiger partial charge in [0, 0.05) is 32.4 Å². The molecule has 1 atom stereocenters. The fourth-order valence-corrected chi connectivity index (χ4v) is 3.81. The molecule has 0 radical (unpaired) electrons. The second kappa shape index (κ2) is 9.03. The summed E-state index contributed by atoms with van der Waals surface area (Å²) in [5, 5.41) is 2.65. The van der Waals surface area contributed by atoms with Crippen molar-refractivity contribution < 1.29 is 19.1 Å². The van der Waals surface area contributed by atoms with Crippen LogP contribution in [-0.4, -0.2) is 72.0 Å². The zero-order valence-corrected chi connectivity index (χ0v) is 17.4. The molecule has 0 aliphatic carbocycles. The van der Waals surface area contributed by atoms with Crippen molar-refractivity contribution in [3.05, 3.63) is 54.2 Å². The molecule has 162 valence electrons. The Labute approximate surface area is 180 Å². The van der Waals surface area contributed by atoms with Crippen molar-refractivity contribution in [3.63, 3.8) is 0 Å². The van der Waals surface area contributed by atoms with Gasteiger partial charge < -0.3 is 19.9 Å². The van der Waals surface area contributed by atoms with E-state index >= 15 is 0 Å². The van der Waals surface area contributed by atoms with Crippen molar-refractivity contribution in [2.45, 2.75) is 19.0 Å². The van der Waals surface area contributed by atoms with Crippen LogP contribution in [0.5, 0.6) is 5.75 Å². The van der Waals surface area contributed by atoms with Crippen molar-refractivity contribution in [1.82, 2.24) is 20.1 Å². The number of rotatable bonds is 6. The third kappa shape index (κ3) is 4.60. The Bertz CT molecular complexity index is 942. The van der Waals surface area contributed by atoms with Crippen LogP contribution in [0.15, 0.2) is 48.7 Å². The summed E-state index contributed by atoms with van der Waals surface area (Å²) in [6.45, 7) is 2.62. The monoisotopic (exact) mass is 423 g/mol. The van der Waals surface area contributed by atoms with Gasteiger partial charge in [0.1, 0.15) is 17.6 Å². The molecule has 0 bridgehead atoms. The average Bonchev–Trinajstić information content (AvgIpc) is 3.07. The van der Waals surface area contributed by atoms with Gasteiger partial charge in [-0.3, -0.25) is 14.5 Å². The highest BCUT2D eigenvalue weighted by Gasteiger charge is 2.40. The summed E-state index contributed by atoms with van der Waals surface area (Å²) in [6.07, 6.45) is 1.71. The summed E-state index contributed by atoms with van der Waals surface area (Å²) >= 11 is 0. The first-order chi connectivity index (χ1) is 15.0. The molecule has 3 heterocycles. The number of imide groups is 1. The molecule has 1 aromatic carbocycles. The van der Waals surface area contributed by atoms with E-state index in [-0.39, 0.29) is 24.8 Å². The Morgan fingerprint density at radius 3 is 2.48 bits per heavy atom. The molecule has 2 aliphatic rings. The van der Waals surface area contributed by atoms with Crippen molar-refractivity contribution in [1.29, 1.82) is 0 Å². The lowest BCUT2D eigenvalue weighted by atomic mass is 10.1. The maximum atomic E-state index is 12.7. The van der Waals surface area contributed by atoms with Crippen LogP contribution in [0.2, 0.25) is 0 Å². The van der Waals surface area contributed by atoms with Gasteiger partial charge in [-0.05, 0) is 29.8 Å². The molecule has 2 saturated heterocycles. The molecule has 2 aromatic rings. The molecule has 0 saturated carbocycles. The molecular formula is C22H25N5O4. The molecule has 1 aromatic heterocycles. The first kappa shape index (κ1) is 20.6. The number of hydrogen-bond acceptors (Lipinski definition) is 6. The summed E-state index contributed by atoms with van der Waals surface area (Å²) in [7, 11) is 1.58. The number of nitrogens with zero attached hydrogens (tertiary/aromatic N) is 4. The molecule has 9 nitrogen and oxygen atoms in total. The van der Waals surface area contributed by atoms with E-state index in [0.29, 0.717) is 31.9 Å². The SMILES string of the molecule is COc1ccc(CN2C(=O)N[C@H](CC(=O)N3CCN(c4ccccn4)CC3)C2=O)cc1. The van der Waals surface area contributed by atoms with Crippen LogP contribution >= 0.6 is 0 Å². The molecule has 0 unspecified atom stereocenters. The molecule has 31 heavy (non-hydrogen) atoms. The number of anilines is 1. The van der Waals surface area contributed by atoms with Crippen LogP contribution in [0.4, 0.5) is 10.6 Å². The number of amides is 4. The largest absolute Gasteiger partial charge is 0.497 e. The van der Waals surface area contributed by atoms with Crippen LogP contribution in [0, 0.1) is 0 Å². The number of urea groups is 1. The number of hydrogen-bond donors (Lipinski definition) is 1.